The lowest BCUT2D eigenvalue weighted by atomic mass is 10.1. The van der Waals surface area contributed by atoms with Crippen molar-refractivity contribution in [2.75, 3.05) is 19.8 Å². The Morgan fingerprint density at radius 2 is 2.04 bits per heavy atom. The Morgan fingerprint density at radius 1 is 1.39 bits per heavy atom. The van der Waals surface area contributed by atoms with Crippen LogP contribution in [0.5, 0.6) is 11.5 Å². The van der Waals surface area contributed by atoms with E-state index in [2.05, 4.69) is 21.2 Å². The van der Waals surface area contributed by atoms with Crippen molar-refractivity contribution >= 4 is 34.2 Å². The molecular formula is C15H24BrClN2O4. The van der Waals surface area contributed by atoms with E-state index >= 15 is 0 Å². The van der Waals surface area contributed by atoms with Gasteiger partial charge in [-0.25, -0.2) is 0 Å². The Balaban J connectivity index is 0.00000484. The van der Waals surface area contributed by atoms with Crippen LogP contribution < -0.4 is 20.5 Å². The van der Waals surface area contributed by atoms with Crippen molar-refractivity contribution in [1.82, 2.24) is 5.32 Å². The second-order valence-electron chi connectivity index (χ2n) is 5.49. The Morgan fingerprint density at radius 3 is 2.57 bits per heavy atom. The summed E-state index contributed by atoms with van der Waals surface area (Å²) in [6.45, 7) is 6.54. The van der Waals surface area contributed by atoms with E-state index in [0.29, 0.717) is 29.1 Å². The standard InChI is InChI=1S/C15H23BrN2O4.ClH/c1-4-21-12-6-10(7-18-15(2,3)9-19)5-11(16)14(12)22-8-13(17)20;/h5-6,18-19H,4,7-9H2,1-3H3,(H2,17,20);1H. The van der Waals surface area contributed by atoms with Crippen molar-refractivity contribution in [3.05, 3.63) is 22.2 Å². The predicted octanol–water partition coefficient (Wildman–Crippen LogP) is 1.99. The average Bonchev–Trinajstić information content (AvgIpc) is 2.44. The highest BCUT2D eigenvalue weighted by atomic mass is 79.9. The molecule has 0 unspecified atom stereocenters. The molecule has 0 aliphatic heterocycles. The molecule has 0 fully saturated rings. The van der Waals surface area contributed by atoms with Crippen molar-refractivity contribution < 1.29 is 19.4 Å². The third-order valence-electron chi connectivity index (χ3n) is 2.89. The number of aliphatic hydroxyl groups is 1. The van der Waals surface area contributed by atoms with Crippen LogP contribution in [-0.4, -0.2) is 36.4 Å². The Bertz CT molecular complexity index is 526. The van der Waals surface area contributed by atoms with Crippen LogP contribution in [0.2, 0.25) is 0 Å². The molecule has 1 rings (SSSR count). The van der Waals surface area contributed by atoms with E-state index in [4.69, 9.17) is 15.2 Å². The molecule has 1 aromatic rings. The number of amides is 1. The molecule has 4 N–H and O–H groups in total. The van der Waals surface area contributed by atoms with Crippen LogP contribution >= 0.6 is 28.3 Å². The van der Waals surface area contributed by atoms with Gasteiger partial charge in [-0.3, -0.25) is 4.79 Å². The number of hydrogen-bond donors (Lipinski definition) is 3. The van der Waals surface area contributed by atoms with Crippen molar-refractivity contribution in [1.29, 1.82) is 0 Å². The topological polar surface area (TPSA) is 93.8 Å². The minimum Gasteiger partial charge on any atom is -0.490 e. The van der Waals surface area contributed by atoms with E-state index < -0.39 is 5.91 Å². The van der Waals surface area contributed by atoms with Crippen LogP contribution in [0.3, 0.4) is 0 Å². The summed E-state index contributed by atoms with van der Waals surface area (Å²) in [5, 5.41) is 12.5. The fourth-order valence-electron chi connectivity index (χ4n) is 1.67. The van der Waals surface area contributed by atoms with Gasteiger partial charge >= 0.3 is 0 Å². The number of rotatable bonds is 9. The maximum absolute atomic E-state index is 10.9. The normalized spacial score (nSPS) is 10.8. The lowest BCUT2D eigenvalue weighted by molar-refractivity contribution is -0.119. The summed E-state index contributed by atoms with van der Waals surface area (Å²) in [4.78, 5) is 10.9. The van der Waals surface area contributed by atoms with Crippen molar-refractivity contribution in [2.24, 2.45) is 5.73 Å². The second kappa shape index (κ2) is 9.97. The molecule has 0 aromatic heterocycles. The molecule has 23 heavy (non-hydrogen) atoms. The number of benzene rings is 1. The molecular weight excluding hydrogens is 388 g/mol. The Hall–Kier alpha value is -1.02. The van der Waals surface area contributed by atoms with Crippen LogP contribution in [-0.2, 0) is 11.3 Å². The van der Waals surface area contributed by atoms with Gasteiger partial charge in [-0.1, -0.05) is 0 Å². The fourth-order valence-corrected chi connectivity index (χ4v) is 2.27. The number of hydrogen-bond acceptors (Lipinski definition) is 5. The first-order valence-electron chi connectivity index (χ1n) is 7.01. The molecule has 8 heteroatoms. The van der Waals surface area contributed by atoms with E-state index in [9.17, 15) is 9.90 Å². The summed E-state index contributed by atoms with van der Waals surface area (Å²) >= 11 is 3.42. The monoisotopic (exact) mass is 410 g/mol. The van der Waals surface area contributed by atoms with E-state index in [0.717, 1.165) is 5.56 Å². The van der Waals surface area contributed by atoms with Crippen molar-refractivity contribution in [3.63, 3.8) is 0 Å². The summed E-state index contributed by atoms with van der Waals surface area (Å²) in [6, 6.07) is 3.71. The molecule has 132 valence electrons. The van der Waals surface area contributed by atoms with E-state index in [1.54, 1.807) is 0 Å². The number of halogens is 2. The lowest BCUT2D eigenvalue weighted by Gasteiger charge is -2.24. The molecule has 0 aliphatic carbocycles. The third kappa shape index (κ3) is 7.39. The van der Waals surface area contributed by atoms with Gasteiger partial charge in [0.05, 0.1) is 17.7 Å². The van der Waals surface area contributed by atoms with Gasteiger partial charge in [0, 0.05) is 12.1 Å². The summed E-state index contributed by atoms with van der Waals surface area (Å²) in [5.41, 5.74) is 5.69. The van der Waals surface area contributed by atoms with Crippen molar-refractivity contribution in [3.8, 4) is 11.5 Å². The maximum Gasteiger partial charge on any atom is 0.255 e. The summed E-state index contributed by atoms with van der Waals surface area (Å²) in [7, 11) is 0. The van der Waals surface area contributed by atoms with E-state index in [-0.39, 0.29) is 31.2 Å². The van der Waals surface area contributed by atoms with Crippen LogP contribution in [0, 0.1) is 0 Å². The maximum atomic E-state index is 10.9. The zero-order chi connectivity index (χ0) is 16.8. The van der Waals surface area contributed by atoms with Gasteiger partial charge in [0.25, 0.3) is 5.91 Å². The zero-order valence-electron chi connectivity index (χ0n) is 13.5. The van der Waals surface area contributed by atoms with Crippen LogP contribution in [0.4, 0.5) is 0 Å². The van der Waals surface area contributed by atoms with Crippen molar-refractivity contribution in [2.45, 2.75) is 32.9 Å². The molecule has 0 saturated heterocycles. The quantitative estimate of drug-likeness (QED) is 0.578. The molecule has 0 saturated carbocycles. The minimum atomic E-state index is -0.551. The highest BCUT2D eigenvalue weighted by Gasteiger charge is 2.17. The van der Waals surface area contributed by atoms with E-state index in [1.165, 1.54) is 0 Å². The van der Waals surface area contributed by atoms with Gasteiger partial charge in [-0.2, -0.15) is 0 Å². The highest BCUT2D eigenvalue weighted by molar-refractivity contribution is 9.10. The number of carbonyl (C=O) groups is 1. The number of aliphatic hydroxyl groups excluding tert-OH is 1. The Labute approximate surface area is 151 Å². The number of carbonyl (C=O) groups excluding carboxylic acids is 1. The lowest BCUT2D eigenvalue weighted by Crippen LogP contribution is -2.42. The van der Waals surface area contributed by atoms with Gasteiger partial charge in [-0.15, -0.1) is 12.4 Å². The highest BCUT2D eigenvalue weighted by Crippen LogP contribution is 2.37. The SMILES string of the molecule is CCOc1cc(CNC(C)(C)CO)cc(Br)c1OCC(N)=O.Cl. The van der Waals surface area contributed by atoms with E-state index in [1.807, 2.05) is 32.9 Å². The Kier molecular flexibility index (Phi) is 9.53. The smallest absolute Gasteiger partial charge is 0.255 e. The zero-order valence-corrected chi connectivity index (χ0v) is 15.9. The third-order valence-corrected chi connectivity index (χ3v) is 3.48. The molecule has 1 amide bonds. The molecule has 0 radical (unpaired) electrons. The molecule has 0 heterocycles. The fraction of sp³-hybridized carbons (Fsp3) is 0.533. The summed E-state index contributed by atoms with van der Waals surface area (Å²) in [5.74, 6) is 0.437. The number of nitrogens with one attached hydrogen (secondary N) is 1. The molecule has 0 aliphatic rings. The summed E-state index contributed by atoms with van der Waals surface area (Å²) < 4.78 is 11.6. The number of ether oxygens (including phenoxy) is 2. The molecule has 1 aromatic carbocycles. The summed E-state index contributed by atoms with van der Waals surface area (Å²) in [6.07, 6.45) is 0. The molecule has 0 atom stereocenters. The number of primary amides is 1. The minimum absolute atomic E-state index is 0. The number of nitrogens with two attached hydrogens (primary N) is 1. The molecule has 6 nitrogen and oxygen atoms in total. The average molecular weight is 412 g/mol. The largest absolute Gasteiger partial charge is 0.490 e. The first-order valence-corrected chi connectivity index (χ1v) is 7.80. The van der Waals surface area contributed by atoms with Gasteiger partial charge in [-0.05, 0) is 54.4 Å². The van der Waals surface area contributed by atoms with Gasteiger partial charge in [0.2, 0.25) is 0 Å². The van der Waals surface area contributed by atoms with Crippen LogP contribution in [0.1, 0.15) is 26.3 Å². The van der Waals surface area contributed by atoms with Gasteiger partial charge in [0.15, 0.2) is 18.1 Å². The van der Waals surface area contributed by atoms with Crippen LogP contribution in [0.15, 0.2) is 16.6 Å². The van der Waals surface area contributed by atoms with Crippen LogP contribution in [0.25, 0.3) is 0 Å². The second-order valence-corrected chi connectivity index (χ2v) is 6.34. The first-order chi connectivity index (χ1) is 10.3. The molecule has 0 bridgehead atoms. The predicted molar refractivity (Wildman–Crippen MR) is 95.3 cm³/mol. The first kappa shape index (κ1) is 22.0. The van der Waals surface area contributed by atoms with Gasteiger partial charge < -0.3 is 25.6 Å². The molecule has 0 spiro atoms. The van der Waals surface area contributed by atoms with Gasteiger partial charge in [0.1, 0.15) is 0 Å².